The number of rotatable bonds is 6. The van der Waals surface area contributed by atoms with Gasteiger partial charge in [0.25, 0.3) is 0 Å². The van der Waals surface area contributed by atoms with Gasteiger partial charge in [-0.2, -0.15) is 0 Å². The van der Waals surface area contributed by atoms with Gasteiger partial charge in [-0.1, -0.05) is 19.1 Å². The van der Waals surface area contributed by atoms with Crippen LogP contribution in [0.5, 0.6) is 0 Å². The molecule has 0 aliphatic rings. The van der Waals surface area contributed by atoms with Crippen LogP contribution in [0.15, 0.2) is 18.3 Å². The summed E-state index contributed by atoms with van der Waals surface area (Å²) in [4.78, 5) is 4.28. The lowest BCUT2D eigenvalue weighted by molar-refractivity contribution is 0.597. The number of hydrogen-bond donors (Lipinski definition) is 2. The summed E-state index contributed by atoms with van der Waals surface area (Å²) in [5, 5.41) is 2.98. The summed E-state index contributed by atoms with van der Waals surface area (Å²) < 4.78 is 22.5. The van der Waals surface area contributed by atoms with Crippen molar-refractivity contribution < 1.29 is 8.42 Å². The number of anilines is 1. The summed E-state index contributed by atoms with van der Waals surface area (Å²) in [7, 11) is -2.93. The lowest BCUT2D eigenvalue weighted by atomic mass is 10.3. The molecular weight excluding hydrogens is 258 g/mol. The van der Waals surface area contributed by atoms with Crippen LogP contribution in [0.4, 0.5) is 5.69 Å². The summed E-state index contributed by atoms with van der Waals surface area (Å²) in [6.45, 7) is 2.00. The van der Waals surface area contributed by atoms with Gasteiger partial charge in [-0.05, 0) is 12.1 Å². The zero-order valence-corrected chi connectivity index (χ0v) is 11.1. The van der Waals surface area contributed by atoms with Crippen molar-refractivity contribution in [2.45, 2.75) is 6.92 Å². The van der Waals surface area contributed by atoms with Gasteiger partial charge in [0.2, 0.25) is 0 Å². The highest BCUT2D eigenvalue weighted by Gasteiger charge is 2.06. The van der Waals surface area contributed by atoms with E-state index < -0.39 is 9.84 Å². The Labute approximate surface area is 106 Å². The fraction of sp³-hybridized carbons (Fsp3) is 0.400. The smallest absolute Gasteiger partial charge is 0.151 e. The number of nitrogens with zero attached hydrogens (tertiary/aromatic N) is 1. The fourth-order valence-corrected chi connectivity index (χ4v) is 1.96. The Morgan fingerprint density at radius 2 is 2.24 bits per heavy atom. The highest BCUT2D eigenvalue weighted by molar-refractivity contribution is 7.91. The van der Waals surface area contributed by atoms with Gasteiger partial charge in [-0.25, -0.2) is 8.42 Å². The van der Waals surface area contributed by atoms with Crippen LogP contribution in [0.3, 0.4) is 0 Å². The minimum Gasteiger partial charge on any atom is -0.388 e. The van der Waals surface area contributed by atoms with E-state index in [2.05, 4.69) is 10.3 Å². The molecule has 0 aromatic carbocycles. The van der Waals surface area contributed by atoms with Crippen molar-refractivity contribution in [1.29, 1.82) is 0 Å². The fourth-order valence-electron chi connectivity index (χ4n) is 1.14. The summed E-state index contributed by atoms with van der Waals surface area (Å²) in [5.74, 6) is 0.272. The lowest BCUT2D eigenvalue weighted by Crippen LogP contribution is -2.17. The van der Waals surface area contributed by atoms with Crippen LogP contribution in [-0.4, -0.2) is 36.4 Å². The molecular formula is C10H15N3O2S2. The quantitative estimate of drug-likeness (QED) is 0.737. The average Bonchev–Trinajstić information content (AvgIpc) is 2.29. The van der Waals surface area contributed by atoms with Gasteiger partial charge in [0.05, 0.1) is 23.3 Å². The lowest BCUT2D eigenvalue weighted by Gasteiger charge is -2.06. The zero-order valence-electron chi connectivity index (χ0n) is 9.51. The topological polar surface area (TPSA) is 85.1 Å². The second-order valence-electron chi connectivity index (χ2n) is 3.46. The molecule has 0 amide bonds. The van der Waals surface area contributed by atoms with Crippen LogP contribution in [0.25, 0.3) is 0 Å². The van der Waals surface area contributed by atoms with Crippen LogP contribution in [0.1, 0.15) is 12.6 Å². The molecule has 1 heterocycles. The second-order valence-corrected chi connectivity index (χ2v) is 6.37. The van der Waals surface area contributed by atoms with Crippen molar-refractivity contribution in [3.05, 3.63) is 24.0 Å². The monoisotopic (exact) mass is 273 g/mol. The Bertz CT molecular complexity index is 483. The molecule has 7 heteroatoms. The Hall–Kier alpha value is -1.21. The molecule has 0 aliphatic carbocycles. The molecule has 0 aliphatic heterocycles. The molecule has 1 rings (SSSR count). The van der Waals surface area contributed by atoms with E-state index in [4.69, 9.17) is 18.0 Å². The van der Waals surface area contributed by atoms with Crippen molar-refractivity contribution >= 4 is 32.7 Å². The molecule has 17 heavy (non-hydrogen) atoms. The molecule has 0 saturated heterocycles. The van der Waals surface area contributed by atoms with E-state index in [1.165, 1.54) is 0 Å². The van der Waals surface area contributed by atoms with E-state index >= 15 is 0 Å². The van der Waals surface area contributed by atoms with Gasteiger partial charge >= 0.3 is 0 Å². The van der Waals surface area contributed by atoms with Crippen molar-refractivity contribution in [3.63, 3.8) is 0 Å². The molecule has 94 valence electrons. The normalized spacial score (nSPS) is 11.1. The molecule has 1 aromatic heterocycles. The first-order chi connectivity index (χ1) is 7.94. The minimum atomic E-state index is -2.93. The van der Waals surface area contributed by atoms with Gasteiger partial charge in [0, 0.05) is 12.3 Å². The number of hydrogen-bond acceptors (Lipinski definition) is 5. The van der Waals surface area contributed by atoms with E-state index in [0.717, 1.165) is 5.69 Å². The summed E-state index contributed by atoms with van der Waals surface area (Å²) >= 11 is 4.77. The number of sulfone groups is 1. The van der Waals surface area contributed by atoms with Crippen LogP contribution >= 0.6 is 12.2 Å². The largest absolute Gasteiger partial charge is 0.388 e. The van der Waals surface area contributed by atoms with E-state index in [9.17, 15) is 8.42 Å². The van der Waals surface area contributed by atoms with E-state index in [-0.39, 0.29) is 16.5 Å². The maximum absolute atomic E-state index is 11.2. The predicted molar refractivity (Wildman–Crippen MR) is 72.9 cm³/mol. The third-order valence-corrected chi connectivity index (χ3v) is 4.11. The van der Waals surface area contributed by atoms with Crippen LogP contribution < -0.4 is 11.1 Å². The highest BCUT2D eigenvalue weighted by atomic mass is 32.2. The predicted octanol–water partition coefficient (Wildman–Crippen LogP) is 0.562. The number of nitrogens with one attached hydrogen (secondary N) is 1. The van der Waals surface area contributed by atoms with Gasteiger partial charge in [0.15, 0.2) is 9.84 Å². The van der Waals surface area contributed by atoms with E-state index in [1.807, 2.05) is 0 Å². The maximum Gasteiger partial charge on any atom is 0.151 e. The van der Waals surface area contributed by atoms with E-state index in [0.29, 0.717) is 12.2 Å². The molecule has 5 nitrogen and oxygen atoms in total. The standard InChI is InChI=1S/C10H15N3O2S2/c1-2-17(14,15)6-5-12-8-3-4-9(10(11)16)13-7-8/h3-4,7,12H,2,5-6H2,1H3,(H2,11,16). The van der Waals surface area contributed by atoms with Crippen molar-refractivity contribution in [2.75, 3.05) is 23.4 Å². The van der Waals surface area contributed by atoms with Gasteiger partial charge in [-0.15, -0.1) is 0 Å². The molecule has 0 bridgehead atoms. The SMILES string of the molecule is CCS(=O)(=O)CCNc1ccc(C(N)=S)nc1. The summed E-state index contributed by atoms with van der Waals surface area (Å²) in [6, 6.07) is 3.46. The summed E-state index contributed by atoms with van der Waals surface area (Å²) in [6.07, 6.45) is 1.58. The molecule has 0 atom stereocenters. The third-order valence-electron chi connectivity index (χ3n) is 2.20. The minimum absolute atomic E-state index is 0.112. The van der Waals surface area contributed by atoms with Crippen LogP contribution in [-0.2, 0) is 9.84 Å². The van der Waals surface area contributed by atoms with E-state index in [1.54, 1.807) is 25.3 Å². The van der Waals surface area contributed by atoms with Crippen LogP contribution in [0, 0.1) is 0 Å². The number of aromatic nitrogens is 1. The molecule has 0 unspecified atom stereocenters. The Morgan fingerprint density at radius 1 is 1.53 bits per heavy atom. The first-order valence-electron chi connectivity index (χ1n) is 5.15. The second kappa shape index (κ2) is 5.92. The Kier molecular flexibility index (Phi) is 4.83. The van der Waals surface area contributed by atoms with Crippen molar-refractivity contribution in [2.24, 2.45) is 5.73 Å². The first kappa shape index (κ1) is 13.9. The highest BCUT2D eigenvalue weighted by Crippen LogP contribution is 2.05. The van der Waals surface area contributed by atoms with Crippen molar-refractivity contribution in [1.82, 2.24) is 4.98 Å². The Balaban J connectivity index is 2.51. The summed E-state index contributed by atoms with van der Waals surface area (Å²) in [5.41, 5.74) is 6.70. The molecule has 1 aromatic rings. The molecule has 3 N–H and O–H groups in total. The Morgan fingerprint density at radius 3 is 2.71 bits per heavy atom. The number of thiocarbonyl (C=S) groups is 1. The number of nitrogens with two attached hydrogens (primary N) is 1. The molecule has 0 fully saturated rings. The number of pyridine rings is 1. The average molecular weight is 273 g/mol. The van der Waals surface area contributed by atoms with Crippen molar-refractivity contribution in [3.8, 4) is 0 Å². The van der Waals surface area contributed by atoms with Gasteiger partial charge in [0.1, 0.15) is 4.99 Å². The van der Waals surface area contributed by atoms with Gasteiger partial charge < -0.3 is 11.1 Å². The van der Waals surface area contributed by atoms with Crippen LogP contribution in [0.2, 0.25) is 0 Å². The zero-order chi connectivity index (χ0) is 12.9. The molecule has 0 spiro atoms. The third kappa shape index (κ3) is 4.66. The maximum atomic E-state index is 11.2. The van der Waals surface area contributed by atoms with Gasteiger partial charge in [-0.3, -0.25) is 4.98 Å². The molecule has 0 saturated carbocycles. The molecule has 0 radical (unpaired) electrons. The first-order valence-corrected chi connectivity index (χ1v) is 7.37.